The number of ether oxygens (including phenoxy) is 1. The Bertz CT molecular complexity index is 277. The van der Waals surface area contributed by atoms with Gasteiger partial charge in [0.15, 0.2) is 13.5 Å². The molecule has 0 fully saturated rings. The quantitative estimate of drug-likeness (QED) is 0.208. The molecule has 0 atom stereocenters. The summed E-state index contributed by atoms with van der Waals surface area (Å²) in [7, 11) is 0. The van der Waals surface area contributed by atoms with E-state index in [9.17, 15) is 20.1 Å². The first-order valence-electron chi connectivity index (χ1n) is 7.09. The van der Waals surface area contributed by atoms with Gasteiger partial charge in [0.1, 0.15) is 13.1 Å². The molecule has 6 nitrogen and oxygen atoms in total. The zero-order chi connectivity index (χ0) is 15.3. The maximum atomic E-state index is 10.6. The molecule has 118 valence electrons. The van der Waals surface area contributed by atoms with E-state index >= 15 is 0 Å². The summed E-state index contributed by atoms with van der Waals surface area (Å²) in [4.78, 5) is 10.6. The number of unbranched alkanes of at least 4 members (excludes halogenated alkanes) is 2. The number of aliphatic hydroxyl groups excluding tert-OH is 2. The fourth-order valence-electron chi connectivity index (χ4n) is 1.71. The molecule has 0 aromatic heterocycles. The number of carbonyl (C=O) groups is 1. The fraction of sp³-hybridized carbons (Fsp3) is 0.786. The second kappa shape index (κ2) is 11.8. The highest BCUT2D eigenvalue weighted by molar-refractivity contribution is 5.65. The van der Waals surface area contributed by atoms with Gasteiger partial charge in [-0.05, 0) is 12.8 Å². The van der Waals surface area contributed by atoms with Crippen molar-refractivity contribution in [1.82, 2.24) is 0 Å². The van der Waals surface area contributed by atoms with E-state index in [0.717, 1.165) is 12.8 Å². The van der Waals surface area contributed by atoms with E-state index in [1.807, 2.05) is 0 Å². The normalized spacial score (nSPS) is 12.2. The number of carbonyl (C=O) groups excluding carboxylic acids is 1. The molecule has 0 amide bonds. The summed E-state index contributed by atoms with van der Waals surface area (Å²) in [5, 5.41) is 29.0. The number of carboxylic acids is 1. The van der Waals surface area contributed by atoms with Gasteiger partial charge in [0.2, 0.25) is 0 Å². The van der Waals surface area contributed by atoms with Gasteiger partial charge >= 0.3 is 0 Å². The Balaban J connectivity index is 3.79. The van der Waals surface area contributed by atoms with Crippen LogP contribution in [0.2, 0.25) is 0 Å². The molecule has 0 aliphatic carbocycles. The summed E-state index contributed by atoms with van der Waals surface area (Å²) in [6, 6.07) is 0. The van der Waals surface area contributed by atoms with Gasteiger partial charge in [-0.25, -0.2) is 0 Å². The zero-order valence-corrected chi connectivity index (χ0v) is 12.3. The van der Waals surface area contributed by atoms with Crippen LogP contribution in [0.4, 0.5) is 0 Å². The van der Waals surface area contributed by atoms with Gasteiger partial charge in [-0.3, -0.25) is 4.48 Å². The van der Waals surface area contributed by atoms with Gasteiger partial charge in [0.25, 0.3) is 0 Å². The number of hydrogen-bond acceptors (Lipinski definition) is 5. The Hall–Kier alpha value is -0.950. The molecule has 0 rings (SSSR count). The third kappa shape index (κ3) is 9.03. The first-order valence-corrected chi connectivity index (χ1v) is 7.09. The topological polar surface area (TPSA) is 89.8 Å². The van der Waals surface area contributed by atoms with Crippen molar-refractivity contribution in [2.24, 2.45) is 0 Å². The average molecular weight is 289 g/mol. The van der Waals surface area contributed by atoms with Crippen molar-refractivity contribution in [2.75, 3.05) is 39.8 Å². The van der Waals surface area contributed by atoms with E-state index in [2.05, 4.69) is 19.1 Å². The van der Waals surface area contributed by atoms with Crippen LogP contribution in [0.3, 0.4) is 0 Å². The van der Waals surface area contributed by atoms with Gasteiger partial charge in [-0.2, -0.15) is 0 Å². The van der Waals surface area contributed by atoms with Crippen LogP contribution in [-0.4, -0.2) is 60.4 Å². The minimum absolute atomic E-state index is 0.237. The van der Waals surface area contributed by atoms with Crippen molar-refractivity contribution in [3.63, 3.8) is 0 Å². The lowest BCUT2D eigenvalue weighted by Gasteiger charge is -2.34. The average Bonchev–Trinajstić information content (AvgIpc) is 2.44. The molecule has 2 N–H and O–H groups in total. The third-order valence-corrected chi connectivity index (χ3v) is 3.09. The minimum atomic E-state index is -1.30. The van der Waals surface area contributed by atoms with Gasteiger partial charge in [0.05, 0.1) is 19.2 Å². The number of rotatable bonds is 13. The van der Waals surface area contributed by atoms with Crippen LogP contribution in [0.1, 0.15) is 32.6 Å². The summed E-state index contributed by atoms with van der Waals surface area (Å²) >= 11 is 0. The highest BCUT2D eigenvalue weighted by Gasteiger charge is 2.25. The number of quaternary nitrogens is 1. The van der Waals surface area contributed by atoms with Crippen LogP contribution in [-0.2, 0) is 9.53 Å². The highest BCUT2D eigenvalue weighted by atomic mass is 16.5. The number of aliphatic hydroxyl groups is 2. The van der Waals surface area contributed by atoms with Crippen LogP contribution in [0.5, 0.6) is 0 Å². The predicted molar refractivity (Wildman–Crippen MR) is 73.3 cm³/mol. The lowest BCUT2D eigenvalue weighted by Crippen LogP contribution is -2.56. The van der Waals surface area contributed by atoms with E-state index in [0.29, 0.717) is 6.61 Å². The number of aliphatic carboxylic acids is 1. The van der Waals surface area contributed by atoms with Gasteiger partial charge in [-0.1, -0.05) is 31.9 Å². The molecule has 0 unspecified atom stereocenters. The molecule has 0 saturated heterocycles. The maximum absolute atomic E-state index is 10.6. The second-order valence-corrected chi connectivity index (χ2v) is 4.89. The van der Waals surface area contributed by atoms with E-state index in [-0.39, 0.29) is 17.6 Å². The van der Waals surface area contributed by atoms with Crippen molar-refractivity contribution >= 4 is 5.97 Å². The molecule has 0 spiro atoms. The predicted octanol–water partition coefficient (Wildman–Crippen LogP) is -0.394. The molecular formula is C14H27NO5. The molecule has 0 radical (unpaired) electrons. The molecule has 0 aromatic carbocycles. The van der Waals surface area contributed by atoms with Crippen molar-refractivity contribution in [3.05, 3.63) is 12.2 Å². The Kier molecular flexibility index (Phi) is 11.3. The SMILES string of the molecule is CCCC/C=C/CCOCC[N+](CO)(CO)CC(=O)[O-]. The van der Waals surface area contributed by atoms with Gasteiger partial charge in [-0.15, -0.1) is 0 Å². The summed E-state index contributed by atoms with van der Waals surface area (Å²) in [6.45, 7) is 1.89. The maximum Gasteiger partial charge on any atom is 0.182 e. The van der Waals surface area contributed by atoms with Crippen molar-refractivity contribution in [3.8, 4) is 0 Å². The lowest BCUT2D eigenvalue weighted by atomic mass is 10.2. The van der Waals surface area contributed by atoms with E-state index < -0.39 is 26.0 Å². The van der Waals surface area contributed by atoms with E-state index in [4.69, 9.17) is 4.74 Å². The van der Waals surface area contributed by atoms with Crippen molar-refractivity contribution in [2.45, 2.75) is 32.6 Å². The van der Waals surface area contributed by atoms with E-state index in [1.165, 1.54) is 12.8 Å². The zero-order valence-electron chi connectivity index (χ0n) is 12.3. The molecule has 0 heterocycles. The second-order valence-electron chi connectivity index (χ2n) is 4.89. The van der Waals surface area contributed by atoms with Gasteiger partial charge in [0, 0.05) is 0 Å². The molecule has 0 saturated carbocycles. The van der Waals surface area contributed by atoms with Crippen LogP contribution in [0.25, 0.3) is 0 Å². The van der Waals surface area contributed by atoms with E-state index in [1.54, 1.807) is 0 Å². The first kappa shape index (κ1) is 19.1. The van der Waals surface area contributed by atoms with Crippen LogP contribution >= 0.6 is 0 Å². The number of hydrogen-bond donors (Lipinski definition) is 2. The first-order chi connectivity index (χ1) is 9.60. The Morgan fingerprint density at radius 2 is 1.85 bits per heavy atom. The Morgan fingerprint density at radius 3 is 2.40 bits per heavy atom. The minimum Gasteiger partial charge on any atom is -0.544 e. The Labute approximate surface area is 120 Å². The monoisotopic (exact) mass is 289 g/mol. The van der Waals surface area contributed by atoms with Crippen LogP contribution in [0.15, 0.2) is 12.2 Å². The summed E-state index contributed by atoms with van der Waals surface area (Å²) in [5.74, 6) is -1.30. The smallest absolute Gasteiger partial charge is 0.182 e. The number of allylic oxidation sites excluding steroid dienone is 1. The molecule has 6 heteroatoms. The molecule has 0 bridgehead atoms. The number of nitrogens with zero attached hydrogens (tertiary/aromatic N) is 1. The highest BCUT2D eigenvalue weighted by Crippen LogP contribution is 2.03. The molecule has 0 aliphatic heterocycles. The summed E-state index contributed by atoms with van der Waals surface area (Å²) < 4.78 is 5.03. The number of carboxylic acid groups (broad SMARTS) is 1. The largest absolute Gasteiger partial charge is 0.544 e. The third-order valence-electron chi connectivity index (χ3n) is 3.09. The summed E-state index contributed by atoms with van der Waals surface area (Å²) in [6.07, 6.45) is 8.45. The molecule has 20 heavy (non-hydrogen) atoms. The van der Waals surface area contributed by atoms with Crippen LogP contribution < -0.4 is 5.11 Å². The van der Waals surface area contributed by atoms with Crippen molar-refractivity contribution in [1.29, 1.82) is 0 Å². The fourth-order valence-corrected chi connectivity index (χ4v) is 1.71. The molecular weight excluding hydrogens is 262 g/mol. The molecule has 0 aromatic rings. The Morgan fingerprint density at radius 1 is 1.20 bits per heavy atom. The summed E-state index contributed by atoms with van der Waals surface area (Å²) in [5.41, 5.74) is 0. The lowest BCUT2D eigenvalue weighted by molar-refractivity contribution is -0.956. The standard InChI is InChI=1S/C14H27NO5/c1-2-3-4-5-6-7-9-20-10-8-15(12-16,13-17)11-14(18)19/h5-6,16-17H,2-4,7-13H2,1H3/b6-5+. The van der Waals surface area contributed by atoms with Crippen LogP contribution in [0, 0.1) is 0 Å². The van der Waals surface area contributed by atoms with Gasteiger partial charge < -0.3 is 24.9 Å². The molecule has 0 aliphatic rings. The van der Waals surface area contributed by atoms with Crippen molar-refractivity contribution < 1.29 is 29.3 Å².